The first kappa shape index (κ1) is 16.8. The maximum absolute atomic E-state index is 12.6. The Morgan fingerprint density at radius 1 is 1.31 bits per heavy atom. The van der Waals surface area contributed by atoms with Crippen LogP contribution in [-0.2, 0) is 21.4 Å². The van der Waals surface area contributed by atoms with E-state index in [0.717, 1.165) is 35.7 Å². The van der Waals surface area contributed by atoms with Crippen molar-refractivity contribution < 1.29 is 9.59 Å². The number of aromatic nitrogens is 2. The molecule has 0 spiro atoms. The highest BCUT2D eigenvalue weighted by molar-refractivity contribution is 6.20. The van der Waals surface area contributed by atoms with Crippen LogP contribution in [0.2, 0.25) is 0 Å². The summed E-state index contributed by atoms with van der Waals surface area (Å²) in [5.41, 5.74) is 8.36. The number of imidazole rings is 1. The summed E-state index contributed by atoms with van der Waals surface area (Å²) in [7, 11) is 0. The summed E-state index contributed by atoms with van der Waals surface area (Å²) in [6.45, 7) is 6.00. The van der Waals surface area contributed by atoms with Crippen molar-refractivity contribution in [1.82, 2.24) is 9.55 Å². The summed E-state index contributed by atoms with van der Waals surface area (Å²) in [5, 5.41) is 0. The molecule has 0 bridgehead atoms. The number of hydrogen-bond acceptors (Lipinski definition) is 3. The van der Waals surface area contributed by atoms with E-state index in [-0.39, 0.29) is 23.2 Å². The summed E-state index contributed by atoms with van der Waals surface area (Å²) < 4.78 is 2.19. The fourth-order valence-electron chi connectivity index (χ4n) is 4.86. The van der Waals surface area contributed by atoms with Gasteiger partial charge < -0.3 is 10.3 Å². The van der Waals surface area contributed by atoms with Crippen molar-refractivity contribution in [2.75, 3.05) is 0 Å². The van der Waals surface area contributed by atoms with Crippen molar-refractivity contribution in [3.05, 3.63) is 59.2 Å². The summed E-state index contributed by atoms with van der Waals surface area (Å²) in [4.78, 5) is 29.3. The van der Waals surface area contributed by atoms with Crippen molar-refractivity contribution >= 4 is 11.7 Å². The number of rotatable bonds is 2. The molecule has 134 valence electrons. The number of carbonyl (C=O) groups is 2. The number of para-hydroxylation sites is 1. The van der Waals surface area contributed by atoms with Crippen LogP contribution in [0.3, 0.4) is 0 Å². The monoisotopic (exact) mass is 349 g/mol. The van der Waals surface area contributed by atoms with E-state index in [1.807, 2.05) is 32.0 Å². The SMILES string of the molecule is Cc1nc2c(n1-c1ccccc1)CC[C@H]1[C@H](C)C(=O)C(C(N)=O)=C[C@]21C. The lowest BCUT2D eigenvalue weighted by molar-refractivity contribution is -0.125. The van der Waals surface area contributed by atoms with Gasteiger partial charge in [0.15, 0.2) is 5.78 Å². The Morgan fingerprint density at radius 3 is 2.65 bits per heavy atom. The predicted molar refractivity (Wildman–Crippen MR) is 98.9 cm³/mol. The molecule has 0 saturated heterocycles. The first-order valence-electron chi connectivity index (χ1n) is 9.05. The number of aryl methyl sites for hydroxylation is 1. The van der Waals surface area contributed by atoms with Crippen LogP contribution < -0.4 is 5.73 Å². The Balaban J connectivity index is 1.94. The van der Waals surface area contributed by atoms with Gasteiger partial charge in [0.1, 0.15) is 5.82 Å². The quantitative estimate of drug-likeness (QED) is 0.847. The van der Waals surface area contributed by atoms with Crippen LogP contribution in [0.4, 0.5) is 0 Å². The predicted octanol–water partition coefficient (Wildman–Crippen LogP) is 2.63. The molecule has 1 amide bonds. The number of ketones is 1. The Kier molecular flexibility index (Phi) is 3.65. The number of allylic oxidation sites excluding steroid dienone is 1. The van der Waals surface area contributed by atoms with Crippen molar-refractivity contribution in [3.63, 3.8) is 0 Å². The highest BCUT2D eigenvalue weighted by atomic mass is 16.2. The molecule has 0 aliphatic heterocycles. The standard InChI is InChI=1S/C21H23N3O2/c1-12-16-9-10-17-19(21(16,3)11-15(18(12)25)20(22)26)23-13(2)24(17)14-7-5-4-6-8-14/h4-8,11-12,16H,9-10H2,1-3H3,(H2,22,26)/t12-,16-,21-/m0/s1. The lowest BCUT2D eigenvalue weighted by Gasteiger charge is -2.44. The lowest BCUT2D eigenvalue weighted by Crippen LogP contribution is -2.47. The van der Waals surface area contributed by atoms with Gasteiger partial charge in [0.2, 0.25) is 0 Å². The highest BCUT2D eigenvalue weighted by Gasteiger charge is 2.50. The fourth-order valence-corrected chi connectivity index (χ4v) is 4.86. The number of carbonyl (C=O) groups excluding carboxylic acids is 2. The van der Waals surface area contributed by atoms with Gasteiger partial charge >= 0.3 is 0 Å². The molecule has 2 aliphatic carbocycles. The van der Waals surface area contributed by atoms with Crippen molar-refractivity contribution in [3.8, 4) is 5.69 Å². The van der Waals surface area contributed by atoms with Gasteiger partial charge in [-0.3, -0.25) is 9.59 Å². The highest BCUT2D eigenvalue weighted by Crippen LogP contribution is 2.49. The van der Waals surface area contributed by atoms with Crippen LogP contribution in [0, 0.1) is 18.8 Å². The molecule has 0 radical (unpaired) electrons. The van der Waals surface area contributed by atoms with Gasteiger partial charge in [0, 0.05) is 22.7 Å². The third-order valence-electron chi connectivity index (χ3n) is 6.12. The van der Waals surface area contributed by atoms with E-state index in [9.17, 15) is 9.59 Å². The fraction of sp³-hybridized carbons (Fsp3) is 0.381. The minimum absolute atomic E-state index is 0.121. The van der Waals surface area contributed by atoms with E-state index in [2.05, 4.69) is 23.6 Å². The van der Waals surface area contributed by atoms with Crippen molar-refractivity contribution in [1.29, 1.82) is 0 Å². The number of nitrogens with zero attached hydrogens (tertiary/aromatic N) is 2. The molecule has 0 unspecified atom stereocenters. The molecule has 0 saturated carbocycles. The third-order valence-corrected chi connectivity index (χ3v) is 6.12. The summed E-state index contributed by atoms with van der Waals surface area (Å²) >= 11 is 0. The number of amides is 1. The maximum atomic E-state index is 12.6. The van der Waals surface area contributed by atoms with E-state index < -0.39 is 11.3 Å². The number of benzene rings is 1. The molecule has 4 rings (SSSR count). The molecule has 1 aromatic heterocycles. The molecule has 1 heterocycles. The second-order valence-electron chi connectivity index (χ2n) is 7.63. The van der Waals surface area contributed by atoms with Crippen molar-refractivity contribution in [2.24, 2.45) is 17.6 Å². The second kappa shape index (κ2) is 5.66. The zero-order valence-corrected chi connectivity index (χ0v) is 15.3. The largest absolute Gasteiger partial charge is 0.365 e. The molecule has 26 heavy (non-hydrogen) atoms. The average molecular weight is 349 g/mol. The Labute approximate surface area is 152 Å². The maximum Gasteiger partial charge on any atom is 0.252 e. The second-order valence-corrected chi connectivity index (χ2v) is 7.63. The summed E-state index contributed by atoms with van der Waals surface area (Å²) in [5.74, 6) is 0.0316. The summed E-state index contributed by atoms with van der Waals surface area (Å²) in [6, 6.07) is 10.2. The van der Waals surface area contributed by atoms with Gasteiger partial charge in [0.05, 0.1) is 11.3 Å². The van der Waals surface area contributed by atoms with Crippen LogP contribution in [0.25, 0.3) is 5.69 Å². The van der Waals surface area contributed by atoms with Gasteiger partial charge in [-0.25, -0.2) is 4.98 Å². The topological polar surface area (TPSA) is 78.0 Å². The summed E-state index contributed by atoms with van der Waals surface area (Å²) in [6.07, 6.45) is 3.53. The average Bonchev–Trinajstić information content (AvgIpc) is 2.96. The molecule has 3 atom stereocenters. The van der Waals surface area contributed by atoms with E-state index in [4.69, 9.17) is 10.7 Å². The third kappa shape index (κ3) is 2.19. The van der Waals surface area contributed by atoms with Crippen LogP contribution >= 0.6 is 0 Å². The molecule has 2 aliphatic rings. The number of fused-ring (bicyclic) bond motifs is 3. The number of hydrogen-bond donors (Lipinski definition) is 1. The van der Waals surface area contributed by atoms with E-state index >= 15 is 0 Å². The first-order chi connectivity index (χ1) is 12.3. The normalized spacial score (nSPS) is 27.5. The number of primary amides is 1. The molecule has 5 nitrogen and oxygen atoms in total. The van der Waals surface area contributed by atoms with Crippen molar-refractivity contribution in [2.45, 2.75) is 39.0 Å². The number of nitrogens with two attached hydrogens (primary N) is 1. The first-order valence-corrected chi connectivity index (χ1v) is 9.05. The zero-order valence-electron chi connectivity index (χ0n) is 15.3. The van der Waals surface area contributed by atoms with Gasteiger partial charge in [-0.1, -0.05) is 38.1 Å². The van der Waals surface area contributed by atoms with Gasteiger partial charge in [-0.15, -0.1) is 0 Å². The van der Waals surface area contributed by atoms with E-state index in [0.29, 0.717) is 0 Å². The molecule has 0 fully saturated rings. The van der Waals surface area contributed by atoms with E-state index in [1.54, 1.807) is 6.08 Å². The minimum atomic E-state index is -0.645. The Hall–Kier alpha value is -2.69. The van der Waals surface area contributed by atoms with Crippen LogP contribution in [0.5, 0.6) is 0 Å². The molecule has 5 heteroatoms. The van der Waals surface area contributed by atoms with Gasteiger partial charge in [-0.05, 0) is 37.8 Å². The van der Waals surface area contributed by atoms with Crippen LogP contribution in [0.1, 0.15) is 37.5 Å². The molecular formula is C21H23N3O2. The minimum Gasteiger partial charge on any atom is -0.365 e. The van der Waals surface area contributed by atoms with Gasteiger partial charge in [-0.2, -0.15) is 0 Å². The van der Waals surface area contributed by atoms with E-state index in [1.165, 1.54) is 0 Å². The molecule has 1 aromatic carbocycles. The Morgan fingerprint density at radius 2 is 2.00 bits per heavy atom. The lowest BCUT2D eigenvalue weighted by atomic mass is 9.58. The van der Waals surface area contributed by atoms with Gasteiger partial charge in [0.25, 0.3) is 5.91 Å². The molecule has 2 N–H and O–H groups in total. The smallest absolute Gasteiger partial charge is 0.252 e. The molecular weight excluding hydrogens is 326 g/mol. The Bertz CT molecular complexity index is 942. The van der Waals surface area contributed by atoms with Crippen LogP contribution in [0.15, 0.2) is 42.0 Å². The van der Waals surface area contributed by atoms with Crippen LogP contribution in [-0.4, -0.2) is 21.2 Å². The zero-order chi connectivity index (χ0) is 18.6. The molecule has 2 aromatic rings. The number of Topliss-reactive ketones (excluding diaryl/α,β-unsaturated/α-hetero) is 1.